The fraction of sp³-hybridized carbons (Fsp3) is 0.938. The maximum Gasteiger partial charge on any atom is 0.222 e. The fourth-order valence-electron chi connectivity index (χ4n) is 3.71. The summed E-state index contributed by atoms with van der Waals surface area (Å²) in [7, 11) is 0. The van der Waals surface area contributed by atoms with E-state index in [-0.39, 0.29) is 0 Å². The lowest BCUT2D eigenvalue weighted by atomic mass is 9.92. The van der Waals surface area contributed by atoms with Crippen molar-refractivity contribution >= 4 is 5.91 Å². The molecule has 2 fully saturated rings. The summed E-state index contributed by atoms with van der Waals surface area (Å²) in [5.41, 5.74) is 5.64. The Morgan fingerprint density at radius 1 is 1.00 bits per heavy atom. The summed E-state index contributed by atoms with van der Waals surface area (Å²) in [6.07, 6.45) is 12.2. The van der Waals surface area contributed by atoms with Crippen molar-refractivity contribution in [1.29, 1.82) is 0 Å². The molecule has 1 unspecified atom stereocenters. The van der Waals surface area contributed by atoms with Crippen LogP contribution in [0.4, 0.5) is 0 Å². The van der Waals surface area contributed by atoms with Crippen LogP contribution in [0.25, 0.3) is 0 Å². The molecule has 0 aromatic carbocycles. The Morgan fingerprint density at radius 3 is 2.37 bits per heavy atom. The Kier molecular flexibility index (Phi) is 6.15. The quantitative estimate of drug-likeness (QED) is 0.795. The first kappa shape index (κ1) is 14.8. The molecule has 0 aromatic rings. The van der Waals surface area contributed by atoms with Crippen molar-refractivity contribution in [2.75, 3.05) is 19.6 Å². The minimum atomic E-state index is 0.411. The van der Waals surface area contributed by atoms with Crippen LogP contribution in [0.3, 0.4) is 0 Å². The van der Waals surface area contributed by atoms with Gasteiger partial charge in [-0.3, -0.25) is 4.79 Å². The number of amides is 1. The smallest absolute Gasteiger partial charge is 0.222 e. The molecule has 0 spiro atoms. The predicted octanol–water partition coefficient (Wildman–Crippen LogP) is 2.93. The normalized spacial score (nSPS) is 26.2. The van der Waals surface area contributed by atoms with Gasteiger partial charge < -0.3 is 10.6 Å². The van der Waals surface area contributed by atoms with E-state index in [1.165, 1.54) is 51.4 Å². The summed E-state index contributed by atoms with van der Waals surface area (Å²) in [5.74, 6) is 1.72. The summed E-state index contributed by atoms with van der Waals surface area (Å²) in [6.45, 7) is 2.70. The monoisotopic (exact) mass is 266 g/mol. The number of hydrogen-bond donors (Lipinski definition) is 1. The molecular formula is C16H30N2O. The molecule has 110 valence electrons. The van der Waals surface area contributed by atoms with Gasteiger partial charge in [-0.25, -0.2) is 0 Å². The topological polar surface area (TPSA) is 46.3 Å². The molecule has 1 saturated heterocycles. The van der Waals surface area contributed by atoms with Crippen molar-refractivity contribution in [3.05, 3.63) is 0 Å². The molecule has 0 bridgehead atoms. The minimum absolute atomic E-state index is 0.411. The highest BCUT2D eigenvalue weighted by Crippen LogP contribution is 2.27. The molecule has 1 aliphatic heterocycles. The number of piperidine rings is 1. The van der Waals surface area contributed by atoms with E-state index >= 15 is 0 Å². The lowest BCUT2D eigenvalue weighted by molar-refractivity contribution is -0.134. The first-order valence-corrected chi connectivity index (χ1v) is 8.27. The van der Waals surface area contributed by atoms with Crippen molar-refractivity contribution in [1.82, 2.24) is 4.90 Å². The number of hydrogen-bond acceptors (Lipinski definition) is 2. The average molecular weight is 266 g/mol. The molecule has 0 radical (unpaired) electrons. The highest BCUT2D eigenvalue weighted by Gasteiger charge is 2.25. The first-order chi connectivity index (χ1) is 9.29. The number of likely N-dealkylation sites (tertiary alicyclic amines) is 1. The van der Waals surface area contributed by atoms with Crippen molar-refractivity contribution in [2.24, 2.45) is 17.6 Å². The summed E-state index contributed by atoms with van der Waals surface area (Å²) in [4.78, 5) is 14.5. The van der Waals surface area contributed by atoms with Crippen LogP contribution < -0.4 is 5.73 Å². The molecule has 2 aliphatic rings. The van der Waals surface area contributed by atoms with E-state index in [1.54, 1.807) is 0 Å². The lowest BCUT2D eigenvalue weighted by Crippen LogP contribution is -2.41. The second kappa shape index (κ2) is 7.88. The third kappa shape index (κ3) is 4.79. The van der Waals surface area contributed by atoms with Gasteiger partial charge in [-0.1, -0.05) is 25.7 Å². The van der Waals surface area contributed by atoms with E-state index in [9.17, 15) is 4.79 Å². The molecule has 1 amide bonds. The number of carbonyl (C=O) groups excluding carboxylic acids is 1. The van der Waals surface area contributed by atoms with Crippen LogP contribution in [0.5, 0.6) is 0 Å². The molecule has 3 nitrogen and oxygen atoms in total. The number of nitrogens with two attached hydrogens (primary N) is 1. The summed E-state index contributed by atoms with van der Waals surface area (Å²) >= 11 is 0. The summed E-state index contributed by atoms with van der Waals surface area (Å²) in [6, 6.07) is 0. The Balaban J connectivity index is 1.78. The third-order valence-corrected chi connectivity index (χ3v) is 4.88. The van der Waals surface area contributed by atoms with E-state index in [0.29, 0.717) is 17.7 Å². The van der Waals surface area contributed by atoms with E-state index in [4.69, 9.17) is 5.73 Å². The Bertz CT molecular complexity index is 270. The van der Waals surface area contributed by atoms with Crippen LogP contribution in [-0.4, -0.2) is 30.4 Å². The van der Waals surface area contributed by atoms with Crippen molar-refractivity contribution in [3.8, 4) is 0 Å². The van der Waals surface area contributed by atoms with Gasteiger partial charge in [0.05, 0.1) is 0 Å². The van der Waals surface area contributed by atoms with Gasteiger partial charge in [0, 0.05) is 19.5 Å². The van der Waals surface area contributed by atoms with Crippen LogP contribution in [0, 0.1) is 11.8 Å². The van der Waals surface area contributed by atoms with E-state index < -0.39 is 0 Å². The zero-order chi connectivity index (χ0) is 13.5. The molecule has 3 heteroatoms. The van der Waals surface area contributed by atoms with Crippen molar-refractivity contribution < 1.29 is 4.79 Å². The maximum atomic E-state index is 12.4. The SMILES string of the molecule is NCCC1CCCN(C(=O)CC2CCCCCC2)C1. The van der Waals surface area contributed by atoms with Crippen LogP contribution >= 0.6 is 0 Å². The lowest BCUT2D eigenvalue weighted by Gasteiger charge is -2.33. The van der Waals surface area contributed by atoms with Crippen LogP contribution in [-0.2, 0) is 4.79 Å². The van der Waals surface area contributed by atoms with Crippen LogP contribution in [0.15, 0.2) is 0 Å². The predicted molar refractivity (Wildman–Crippen MR) is 78.8 cm³/mol. The van der Waals surface area contributed by atoms with Gasteiger partial charge >= 0.3 is 0 Å². The van der Waals surface area contributed by atoms with Crippen LogP contribution in [0.2, 0.25) is 0 Å². The number of rotatable bonds is 4. The molecule has 1 saturated carbocycles. The fourth-order valence-corrected chi connectivity index (χ4v) is 3.71. The first-order valence-electron chi connectivity index (χ1n) is 8.27. The molecule has 2 N–H and O–H groups in total. The van der Waals surface area contributed by atoms with Gasteiger partial charge in [0.15, 0.2) is 0 Å². The summed E-state index contributed by atoms with van der Waals surface area (Å²) < 4.78 is 0. The van der Waals surface area contributed by atoms with E-state index in [0.717, 1.165) is 32.5 Å². The third-order valence-electron chi connectivity index (χ3n) is 4.88. The van der Waals surface area contributed by atoms with Crippen molar-refractivity contribution in [3.63, 3.8) is 0 Å². The highest BCUT2D eigenvalue weighted by molar-refractivity contribution is 5.76. The minimum Gasteiger partial charge on any atom is -0.342 e. The van der Waals surface area contributed by atoms with Gasteiger partial charge in [-0.15, -0.1) is 0 Å². The Morgan fingerprint density at radius 2 is 1.68 bits per heavy atom. The standard InChI is InChI=1S/C16H30N2O/c17-10-9-15-8-5-11-18(13-15)16(19)12-14-6-3-1-2-4-7-14/h14-15H,1-13,17H2. The molecule has 1 atom stereocenters. The number of nitrogens with zero attached hydrogens (tertiary/aromatic N) is 1. The number of carbonyl (C=O) groups is 1. The molecule has 2 rings (SSSR count). The molecule has 1 aliphatic carbocycles. The highest BCUT2D eigenvalue weighted by atomic mass is 16.2. The Hall–Kier alpha value is -0.570. The maximum absolute atomic E-state index is 12.4. The zero-order valence-corrected chi connectivity index (χ0v) is 12.3. The van der Waals surface area contributed by atoms with Crippen molar-refractivity contribution in [2.45, 2.75) is 64.2 Å². The van der Waals surface area contributed by atoms with E-state index in [2.05, 4.69) is 4.90 Å². The molecule has 0 aromatic heterocycles. The van der Waals surface area contributed by atoms with Gasteiger partial charge in [0.1, 0.15) is 0 Å². The zero-order valence-electron chi connectivity index (χ0n) is 12.3. The van der Waals surface area contributed by atoms with E-state index in [1.807, 2.05) is 0 Å². The van der Waals surface area contributed by atoms with Gasteiger partial charge in [-0.2, -0.15) is 0 Å². The average Bonchev–Trinajstić information content (AvgIpc) is 2.68. The summed E-state index contributed by atoms with van der Waals surface area (Å²) in [5, 5.41) is 0. The molecule has 19 heavy (non-hydrogen) atoms. The largest absolute Gasteiger partial charge is 0.342 e. The second-order valence-electron chi connectivity index (χ2n) is 6.49. The molecule has 1 heterocycles. The molecular weight excluding hydrogens is 236 g/mol. The van der Waals surface area contributed by atoms with Gasteiger partial charge in [0.2, 0.25) is 5.91 Å². The van der Waals surface area contributed by atoms with Crippen LogP contribution in [0.1, 0.15) is 64.2 Å². The van der Waals surface area contributed by atoms with Gasteiger partial charge in [0.25, 0.3) is 0 Å². The second-order valence-corrected chi connectivity index (χ2v) is 6.49. The van der Waals surface area contributed by atoms with Gasteiger partial charge in [-0.05, 0) is 50.5 Å². The Labute approximate surface area is 117 Å².